The lowest BCUT2D eigenvalue weighted by atomic mass is 10.2. The first kappa shape index (κ1) is 18.2. The summed E-state index contributed by atoms with van der Waals surface area (Å²) in [4.78, 5) is 28.7. The Balaban J connectivity index is 1.79. The molecule has 26 heavy (non-hydrogen) atoms. The van der Waals surface area contributed by atoms with Gasteiger partial charge in [-0.15, -0.1) is 0 Å². The zero-order valence-electron chi connectivity index (χ0n) is 14.5. The third-order valence-electron chi connectivity index (χ3n) is 3.82. The average Bonchev–Trinajstić information content (AvgIpc) is 3.07. The Morgan fingerprint density at radius 3 is 2.77 bits per heavy atom. The first-order valence-corrected chi connectivity index (χ1v) is 9.00. The van der Waals surface area contributed by atoms with Crippen molar-refractivity contribution in [3.05, 3.63) is 57.8 Å². The SMILES string of the molecule is COc1cccc(C(=O)NN2C(=O)C(=Cc3cc(C)[nH]c3C)SC2=S)c1. The van der Waals surface area contributed by atoms with Gasteiger partial charge in [0.1, 0.15) is 5.75 Å². The number of methoxy groups -OCH3 is 1. The van der Waals surface area contributed by atoms with E-state index in [-0.39, 0.29) is 10.2 Å². The van der Waals surface area contributed by atoms with Gasteiger partial charge in [0.2, 0.25) is 0 Å². The first-order chi connectivity index (χ1) is 12.4. The van der Waals surface area contributed by atoms with Crippen molar-refractivity contribution in [3.63, 3.8) is 0 Å². The largest absolute Gasteiger partial charge is 0.497 e. The molecule has 2 N–H and O–H groups in total. The molecule has 0 radical (unpaired) electrons. The number of thiocarbonyl (C=S) groups is 1. The van der Waals surface area contributed by atoms with Crippen LogP contribution in [0.15, 0.2) is 35.2 Å². The third kappa shape index (κ3) is 3.66. The van der Waals surface area contributed by atoms with Gasteiger partial charge in [0.15, 0.2) is 4.32 Å². The summed E-state index contributed by atoms with van der Waals surface area (Å²) in [5.74, 6) is -0.231. The van der Waals surface area contributed by atoms with Gasteiger partial charge >= 0.3 is 0 Å². The highest BCUT2D eigenvalue weighted by atomic mass is 32.2. The van der Waals surface area contributed by atoms with Gasteiger partial charge in [0, 0.05) is 17.0 Å². The minimum atomic E-state index is -0.435. The first-order valence-electron chi connectivity index (χ1n) is 7.78. The van der Waals surface area contributed by atoms with E-state index in [9.17, 15) is 9.59 Å². The second kappa shape index (κ2) is 7.35. The molecule has 8 heteroatoms. The van der Waals surface area contributed by atoms with E-state index >= 15 is 0 Å². The number of aromatic amines is 1. The lowest BCUT2D eigenvalue weighted by molar-refractivity contribution is -0.123. The summed E-state index contributed by atoms with van der Waals surface area (Å²) >= 11 is 6.40. The molecule has 0 spiro atoms. The molecular formula is C18H17N3O3S2. The van der Waals surface area contributed by atoms with E-state index in [1.54, 1.807) is 30.3 Å². The highest BCUT2D eigenvalue weighted by molar-refractivity contribution is 8.26. The van der Waals surface area contributed by atoms with Crippen LogP contribution >= 0.6 is 24.0 Å². The minimum absolute atomic E-state index is 0.280. The zero-order valence-corrected chi connectivity index (χ0v) is 16.1. The van der Waals surface area contributed by atoms with E-state index in [0.717, 1.165) is 33.7 Å². The van der Waals surface area contributed by atoms with Crippen molar-refractivity contribution in [2.24, 2.45) is 0 Å². The number of H-pyrrole nitrogens is 1. The highest BCUT2D eigenvalue weighted by Crippen LogP contribution is 2.32. The van der Waals surface area contributed by atoms with Crippen LogP contribution in [0.4, 0.5) is 0 Å². The van der Waals surface area contributed by atoms with Crippen LogP contribution < -0.4 is 10.2 Å². The van der Waals surface area contributed by atoms with Crippen LogP contribution in [0.25, 0.3) is 6.08 Å². The summed E-state index contributed by atoms with van der Waals surface area (Å²) in [7, 11) is 1.52. The van der Waals surface area contributed by atoms with Crippen molar-refractivity contribution < 1.29 is 14.3 Å². The minimum Gasteiger partial charge on any atom is -0.497 e. The Bertz CT molecular complexity index is 934. The van der Waals surface area contributed by atoms with Crippen molar-refractivity contribution in [1.29, 1.82) is 0 Å². The van der Waals surface area contributed by atoms with Gasteiger partial charge in [-0.1, -0.05) is 17.8 Å². The molecular weight excluding hydrogens is 370 g/mol. The van der Waals surface area contributed by atoms with E-state index in [1.165, 1.54) is 7.11 Å². The Morgan fingerprint density at radius 1 is 1.35 bits per heavy atom. The van der Waals surface area contributed by atoms with E-state index in [1.807, 2.05) is 19.9 Å². The molecule has 134 valence electrons. The van der Waals surface area contributed by atoms with Crippen molar-refractivity contribution in [3.8, 4) is 5.75 Å². The van der Waals surface area contributed by atoms with E-state index in [4.69, 9.17) is 17.0 Å². The van der Waals surface area contributed by atoms with Crippen LogP contribution in [0.1, 0.15) is 27.3 Å². The number of benzene rings is 1. The standard InChI is InChI=1S/C18H17N3O3S2/c1-10-7-13(11(2)19-10)9-15-17(23)21(18(25)26-15)20-16(22)12-5-4-6-14(8-12)24-3/h4-9,19H,1-3H3,(H,20,22). The van der Waals surface area contributed by atoms with Gasteiger partial charge in [-0.2, -0.15) is 5.01 Å². The zero-order chi connectivity index (χ0) is 18.8. The van der Waals surface area contributed by atoms with Crippen LogP contribution in [0.5, 0.6) is 5.75 Å². The molecule has 1 aliphatic rings. The van der Waals surface area contributed by atoms with Gasteiger partial charge in [-0.3, -0.25) is 15.0 Å². The predicted molar refractivity (Wildman–Crippen MR) is 106 cm³/mol. The summed E-state index contributed by atoms with van der Waals surface area (Å²) in [5, 5.41) is 1.10. The summed E-state index contributed by atoms with van der Waals surface area (Å²) in [6.07, 6.45) is 1.77. The lowest BCUT2D eigenvalue weighted by Gasteiger charge is -2.15. The number of ether oxygens (including phenoxy) is 1. The lowest BCUT2D eigenvalue weighted by Crippen LogP contribution is -2.44. The number of nitrogens with one attached hydrogen (secondary N) is 2. The number of aryl methyl sites for hydroxylation is 2. The molecule has 3 rings (SSSR count). The van der Waals surface area contributed by atoms with Crippen LogP contribution in [0, 0.1) is 13.8 Å². The van der Waals surface area contributed by atoms with E-state index in [2.05, 4.69) is 10.4 Å². The molecule has 1 aromatic heterocycles. The number of aromatic nitrogens is 1. The van der Waals surface area contributed by atoms with Gasteiger partial charge in [0.05, 0.1) is 12.0 Å². The van der Waals surface area contributed by atoms with Crippen LogP contribution in [-0.4, -0.2) is 33.2 Å². The number of hydrogen-bond acceptors (Lipinski definition) is 5. The molecule has 1 aromatic carbocycles. The average molecular weight is 387 g/mol. The molecule has 1 fully saturated rings. The summed E-state index contributed by atoms with van der Waals surface area (Å²) in [6.45, 7) is 3.88. The maximum absolute atomic E-state index is 12.6. The number of nitrogens with zero attached hydrogens (tertiary/aromatic N) is 1. The van der Waals surface area contributed by atoms with E-state index < -0.39 is 5.91 Å². The van der Waals surface area contributed by atoms with Crippen molar-refractivity contribution >= 4 is 46.2 Å². The maximum Gasteiger partial charge on any atom is 0.285 e. The fourth-order valence-electron chi connectivity index (χ4n) is 2.53. The third-order valence-corrected chi connectivity index (χ3v) is 5.12. The molecule has 0 saturated carbocycles. The van der Waals surface area contributed by atoms with Gasteiger partial charge < -0.3 is 9.72 Å². The molecule has 2 aromatic rings. The predicted octanol–water partition coefficient (Wildman–Crippen LogP) is 3.19. The van der Waals surface area contributed by atoms with Crippen LogP contribution in [0.2, 0.25) is 0 Å². The number of thioether (sulfide) groups is 1. The molecule has 1 aliphatic heterocycles. The second-order valence-corrected chi connectivity index (χ2v) is 7.40. The summed E-state index contributed by atoms with van der Waals surface area (Å²) in [6, 6.07) is 8.62. The number of carbonyl (C=O) groups is 2. The van der Waals surface area contributed by atoms with Gasteiger partial charge in [-0.05, 0) is 62.0 Å². The van der Waals surface area contributed by atoms with E-state index in [0.29, 0.717) is 16.2 Å². The smallest absolute Gasteiger partial charge is 0.285 e. The molecule has 0 unspecified atom stereocenters. The Hall–Kier alpha value is -2.58. The Morgan fingerprint density at radius 2 is 2.12 bits per heavy atom. The summed E-state index contributed by atoms with van der Waals surface area (Å²) in [5.41, 5.74) is 5.83. The molecule has 6 nitrogen and oxygen atoms in total. The number of hydrazine groups is 1. The fraction of sp³-hybridized carbons (Fsp3) is 0.167. The molecule has 0 aliphatic carbocycles. The molecule has 2 heterocycles. The molecule has 0 atom stereocenters. The second-order valence-electron chi connectivity index (χ2n) is 5.72. The summed E-state index contributed by atoms with van der Waals surface area (Å²) < 4.78 is 5.39. The van der Waals surface area contributed by atoms with Crippen molar-refractivity contribution in [2.75, 3.05) is 7.11 Å². The van der Waals surface area contributed by atoms with Crippen molar-refractivity contribution in [1.82, 2.24) is 15.4 Å². The number of amides is 2. The molecule has 2 amide bonds. The number of rotatable bonds is 4. The fourth-order valence-corrected chi connectivity index (χ4v) is 3.70. The van der Waals surface area contributed by atoms with Crippen LogP contribution in [0.3, 0.4) is 0 Å². The van der Waals surface area contributed by atoms with Crippen molar-refractivity contribution in [2.45, 2.75) is 13.8 Å². The maximum atomic E-state index is 12.6. The van der Waals surface area contributed by atoms with Gasteiger partial charge in [0.25, 0.3) is 11.8 Å². The monoisotopic (exact) mass is 387 g/mol. The topological polar surface area (TPSA) is 74.4 Å². The normalized spacial score (nSPS) is 15.7. The number of carbonyl (C=O) groups excluding carboxylic acids is 2. The quantitative estimate of drug-likeness (QED) is 0.623. The van der Waals surface area contributed by atoms with Crippen LogP contribution in [-0.2, 0) is 4.79 Å². The van der Waals surface area contributed by atoms with Gasteiger partial charge in [-0.25, -0.2) is 0 Å². The Labute approximate surface area is 160 Å². The molecule has 0 bridgehead atoms. The number of hydrogen-bond donors (Lipinski definition) is 2. The highest BCUT2D eigenvalue weighted by Gasteiger charge is 2.34. The molecule has 1 saturated heterocycles. The Kier molecular flexibility index (Phi) is 5.15.